The standard InChI is InChI=1S/C16H14F3N3O2/c1-10-12(20-7-6-14(10)24-9-16(17,18)19)8-22-13-5-3-2-4-11(13)21-15(22)23/h2-7H,8-9H2,1H3,(H,21,23). The van der Waals surface area contributed by atoms with Crippen LogP contribution in [0.2, 0.25) is 0 Å². The van der Waals surface area contributed by atoms with Crippen molar-refractivity contribution in [3.63, 3.8) is 0 Å². The predicted molar refractivity (Wildman–Crippen MR) is 82.2 cm³/mol. The van der Waals surface area contributed by atoms with Gasteiger partial charge in [-0.25, -0.2) is 4.79 Å². The molecule has 5 nitrogen and oxygen atoms in total. The zero-order valence-electron chi connectivity index (χ0n) is 12.7. The molecule has 0 fully saturated rings. The van der Waals surface area contributed by atoms with Gasteiger partial charge in [0.15, 0.2) is 6.61 Å². The Morgan fingerprint density at radius 3 is 2.75 bits per heavy atom. The third kappa shape index (κ3) is 3.27. The van der Waals surface area contributed by atoms with Gasteiger partial charge in [-0.15, -0.1) is 0 Å². The third-order valence-corrected chi connectivity index (χ3v) is 3.64. The molecule has 0 saturated heterocycles. The van der Waals surface area contributed by atoms with Crippen LogP contribution < -0.4 is 10.4 Å². The number of nitrogens with zero attached hydrogens (tertiary/aromatic N) is 2. The topological polar surface area (TPSA) is 59.9 Å². The summed E-state index contributed by atoms with van der Waals surface area (Å²) in [6, 6.07) is 8.54. The molecule has 8 heteroatoms. The zero-order valence-corrected chi connectivity index (χ0v) is 12.7. The van der Waals surface area contributed by atoms with Gasteiger partial charge in [-0.1, -0.05) is 12.1 Å². The van der Waals surface area contributed by atoms with Gasteiger partial charge in [0.1, 0.15) is 5.75 Å². The summed E-state index contributed by atoms with van der Waals surface area (Å²) in [6.45, 7) is 0.385. The van der Waals surface area contributed by atoms with Gasteiger partial charge in [0.25, 0.3) is 0 Å². The van der Waals surface area contributed by atoms with E-state index in [0.29, 0.717) is 22.3 Å². The van der Waals surface area contributed by atoms with Crippen molar-refractivity contribution in [2.45, 2.75) is 19.6 Å². The minimum atomic E-state index is -4.41. The Labute approximate surface area is 134 Å². The fourth-order valence-corrected chi connectivity index (χ4v) is 2.45. The van der Waals surface area contributed by atoms with E-state index in [9.17, 15) is 18.0 Å². The zero-order chi connectivity index (χ0) is 17.3. The molecule has 0 aliphatic heterocycles. The number of aromatic amines is 1. The van der Waals surface area contributed by atoms with Crippen LogP contribution >= 0.6 is 0 Å². The lowest BCUT2D eigenvalue weighted by atomic mass is 10.2. The normalized spacial score (nSPS) is 11.8. The first-order chi connectivity index (χ1) is 11.3. The van der Waals surface area contributed by atoms with Crippen molar-refractivity contribution >= 4 is 11.0 Å². The number of fused-ring (bicyclic) bond motifs is 1. The number of nitrogens with one attached hydrogen (secondary N) is 1. The van der Waals surface area contributed by atoms with Crippen molar-refractivity contribution in [3.05, 3.63) is 58.3 Å². The number of para-hydroxylation sites is 2. The second-order valence-corrected chi connectivity index (χ2v) is 5.32. The van der Waals surface area contributed by atoms with Crippen molar-refractivity contribution in [1.29, 1.82) is 0 Å². The molecule has 0 bridgehead atoms. The van der Waals surface area contributed by atoms with Crippen LogP contribution in [0, 0.1) is 6.92 Å². The Morgan fingerprint density at radius 2 is 2.00 bits per heavy atom. The lowest BCUT2D eigenvalue weighted by molar-refractivity contribution is -0.153. The molecule has 0 spiro atoms. The molecule has 0 amide bonds. The average Bonchev–Trinajstić information content (AvgIpc) is 2.83. The highest BCUT2D eigenvalue weighted by molar-refractivity contribution is 5.75. The number of rotatable bonds is 4. The number of alkyl halides is 3. The van der Waals surface area contributed by atoms with Gasteiger partial charge < -0.3 is 9.72 Å². The molecule has 2 aromatic heterocycles. The van der Waals surface area contributed by atoms with Crippen LogP contribution in [-0.4, -0.2) is 27.3 Å². The summed E-state index contributed by atoms with van der Waals surface area (Å²) in [5, 5.41) is 0. The van der Waals surface area contributed by atoms with Crippen molar-refractivity contribution in [2.75, 3.05) is 6.61 Å². The first-order valence-corrected chi connectivity index (χ1v) is 7.17. The number of pyridine rings is 1. The maximum absolute atomic E-state index is 12.3. The lowest BCUT2D eigenvalue weighted by Gasteiger charge is -2.13. The second kappa shape index (κ2) is 6.03. The van der Waals surface area contributed by atoms with Gasteiger partial charge in [0.2, 0.25) is 0 Å². The number of ether oxygens (including phenoxy) is 1. The van der Waals surface area contributed by atoms with E-state index in [4.69, 9.17) is 4.74 Å². The first-order valence-electron chi connectivity index (χ1n) is 7.17. The van der Waals surface area contributed by atoms with Crippen LogP contribution in [0.3, 0.4) is 0 Å². The van der Waals surface area contributed by atoms with E-state index in [-0.39, 0.29) is 18.0 Å². The summed E-state index contributed by atoms with van der Waals surface area (Å²) >= 11 is 0. The molecule has 0 radical (unpaired) electrons. The highest BCUT2D eigenvalue weighted by atomic mass is 19.4. The van der Waals surface area contributed by atoms with Gasteiger partial charge in [-0.3, -0.25) is 9.55 Å². The summed E-state index contributed by atoms with van der Waals surface area (Å²) in [7, 11) is 0. The summed E-state index contributed by atoms with van der Waals surface area (Å²) in [5.74, 6) is 0.102. The van der Waals surface area contributed by atoms with Crippen molar-refractivity contribution < 1.29 is 17.9 Å². The summed E-state index contributed by atoms with van der Waals surface area (Å²) in [5.41, 5.74) is 2.02. The number of H-pyrrole nitrogens is 1. The van der Waals surface area contributed by atoms with Gasteiger partial charge in [-0.05, 0) is 25.1 Å². The predicted octanol–water partition coefficient (Wildman–Crippen LogP) is 3.02. The Bertz CT molecular complexity index is 928. The smallest absolute Gasteiger partial charge is 0.422 e. The Hall–Kier alpha value is -2.77. The van der Waals surface area contributed by atoms with Crippen LogP contribution in [0.4, 0.5) is 13.2 Å². The van der Waals surface area contributed by atoms with Crippen molar-refractivity contribution in [1.82, 2.24) is 14.5 Å². The monoisotopic (exact) mass is 337 g/mol. The molecule has 1 aromatic carbocycles. The van der Waals surface area contributed by atoms with Crippen LogP contribution in [0.25, 0.3) is 11.0 Å². The quantitative estimate of drug-likeness (QED) is 0.796. The third-order valence-electron chi connectivity index (χ3n) is 3.64. The van der Waals surface area contributed by atoms with E-state index in [1.807, 2.05) is 0 Å². The van der Waals surface area contributed by atoms with E-state index in [1.165, 1.54) is 16.8 Å². The molecule has 0 atom stereocenters. The molecular formula is C16H14F3N3O2. The number of hydrogen-bond donors (Lipinski definition) is 1. The van der Waals surface area contributed by atoms with E-state index in [2.05, 4.69) is 9.97 Å². The Kier molecular flexibility index (Phi) is 4.04. The SMILES string of the molecule is Cc1c(OCC(F)(F)F)ccnc1Cn1c(=O)[nH]c2ccccc21. The number of hydrogen-bond acceptors (Lipinski definition) is 3. The highest BCUT2D eigenvalue weighted by Crippen LogP contribution is 2.24. The Morgan fingerprint density at radius 1 is 1.25 bits per heavy atom. The van der Waals surface area contributed by atoms with E-state index >= 15 is 0 Å². The number of halogens is 3. The van der Waals surface area contributed by atoms with Crippen LogP contribution in [0.1, 0.15) is 11.3 Å². The van der Waals surface area contributed by atoms with Gasteiger partial charge >= 0.3 is 11.9 Å². The summed E-state index contributed by atoms with van der Waals surface area (Å²) < 4.78 is 43.3. The molecule has 0 saturated carbocycles. The molecule has 0 unspecified atom stereocenters. The van der Waals surface area contributed by atoms with E-state index < -0.39 is 12.8 Å². The molecule has 3 rings (SSSR count). The maximum atomic E-state index is 12.3. The lowest BCUT2D eigenvalue weighted by Crippen LogP contribution is -2.21. The maximum Gasteiger partial charge on any atom is 0.422 e. The number of imidazole rings is 1. The fraction of sp³-hybridized carbons (Fsp3) is 0.250. The van der Waals surface area contributed by atoms with Crippen LogP contribution in [0.5, 0.6) is 5.75 Å². The minimum Gasteiger partial charge on any atom is -0.484 e. The van der Waals surface area contributed by atoms with Crippen molar-refractivity contribution in [3.8, 4) is 5.75 Å². The molecule has 126 valence electrons. The average molecular weight is 337 g/mol. The molecule has 2 heterocycles. The van der Waals surface area contributed by atoms with E-state index in [1.54, 1.807) is 31.2 Å². The Balaban J connectivity index is 1.93. The van der Waals surface area contributed by atoms with Gasteiger partial charge in [0, 0.05) is 11.8 Å². The fourth-order valence-electron chi connectivity index (χ4n) is 2.45. The first kappa shape index (κ1) is 16.1. The largest absolute Gasteiger partial charge is 0.484 e. The molecular weight excluding hydrogens is 323 g/mol. The van der Waals surface area contributed by atoms with Crippen molar-refractivity contribution in [2.24, 2.45) is 0 Å². The molecule has 3 aromatic rings. The van der Waals surface area contributed by atoms with E-state index in [0.717, 1.165) is 0 Å². The highest BCUT2D eigenvalue weighted by Gasteiger charge is 2.28. The molecule has 0 aliphatic rings. The summed E-state index contributed by atoms with van der Waals surface area (Å²) in [4.78, 5) is 19.0. The van der Waals surface area contributed by atoms with Crippen LogP contribution in [0.15, 0.2) is 41.3 Å². The number of benzene rings is 1. The van der Waals surface area contributed by atoms with Gasteiger partial charge in [-0.2, -0.15) is 13.2 Å². The second-order valence-electron chi connectivity index (χ2n) is 5.32. The summed E-state index contributed by atoms with van der Waals surface area (Å²) in [6.07, 6.45) is -3.04. The molecule has 0 aliphatic carbocycles. The van der Waals surface area contributed by atoms with Crippen LogP contribution in [-0.2, 0) is 6.54 Å². The van der Waals surface area contributed by atoms with Gasteiger partial charge in [0.05, 0.1) is 23.3 Å². The minimum absolute atomic E-state index is 0.102. The molecule has 24 heavy (non-hydrogen) atoms. The molecule has 1 N–H and O–H groups in total. The number of aromatic nitrogens is 3.